The Morgan fingerprint density at radius 1 is 1.50 bits per heavy atom. The van der Waals surface area contributed by atoms with Crippen molar-refractivity contribution < 1.29 is 4.79 Å². The zero-order valence-corrected chi connectivity index (χ0v) is 13.5. The van der Waals surface area contributed by atoms with E-state index in [1.54, 1.807) is 23.1 Å². The molecule has 1 atom stereocenters. The number of thiazole rings is 1. The number of nitrogens with one attached hydrogen (secondary N) is 2. The Morgan fingerprint density at radius 3 is 3.00 bits per heavy atom. The van der Waals surface area contributed by atoms with Gasteiger partial charge in [-0.05, 0) is 37.9 Å². The lowest BCUT2D eigenvalue weighted by Gasteiger charge is -2.12. The largest absolute Gasteiger partial charge is 0.326 e. The van der Waals surface area contributed by atoms with E-state index in [1.807, 2.05) is 38.3 Å². The molecule has 2 rings (SSSR count). The van der Waals surface area contributed by atoms with Gasteiger partial charge < -0.3 is 10.6 Å². The van der Waals surface area contributed by atoms with Crippen molar-refractivity contribution in [3.05, 3.63) is 18.2 Å². The van der Waals surface area contributed by atoms with Crippen LogP contribution < -0.4 is 10.6 Å². The predicted molar refractivity (Wildman–Crippen MR) is 87.8 cm³/mol. The van der Waals surface area contributed by atoms with Crippen LogP contribution in [0.15, 0.2) is 22.5 Å². The average molecular weight is 309 g/mol. The van der Waals surface area contributed by atoms with E-state index < -0.39 is 0 Å². The van der Waals surface area contributed by atoms with Crippen LogP contribution in [-0.2, 0) is 4.79 Å². The molecule has 1 aromatic heterocycles. The molecule has 0 aliphatic heterocycles. The first kappa shape index (κ1) is 15.3. The highest BCUT2D eigenvalue weighted by Gasteiger charge is 2.09. The fraction of sp³-hybridized carbons (Fsp3) is 0.429. The van der Waals surface area contributed by atoms with Crippen LogP contribution in [0.5, 0.6) is 0 Å². The molecule has 1 unspecified atom stereocenters. The molecule has 0 spiro atoms. The molecule has 1 amide bonds. The number of aromatic nitrogens is 1. The summed E-state index contributed by atoms with van der Waals surface area (Å²) in [4.78, 5) is 16.4. The standard InChI is InChI=1S/C14H19N3OS2/c1-4-15-9(2)7-13(18)16-10-5-6-11-12(8-10)20-14(17-11)19-3/h5-6,8-9,15H,4,7H2,1-3H3,(H,16,18). The predicted octanol–water partition coefficient (Wildman–Crippen LogP) is 3.34. The Morgan fingerprint density at radius 2 is 2.30 bits per heavy atom. The number of nitrogens with zero attached hydrogens (tertiary/aromatic N) is 1. The fourth-order valence-electron chi connectivity index (χ4n) is 1.98. The van der Waals surface area contributed by atoms with Gasteiger partial charge in [0, 0.05) is 18.2 Å². The quantitative estimate of drug-likeness (QED) is 0.804. The van der Waals surface area contributed by atoms with Crippen molar-refractivity contribution in [2.75, 3.05) is 18.1 Å². The van der Waals surface area contributed by atoms with E-state index in [0.29, 0.717) is 6.42 Å². The maximum absolute atomic E-state index is 11.9. The lowest BCUT2D eigenvalue weighted by molar-refractivity contribution is -0.116. The summed E-state index contributed by atoms with van der Waals surface area (Å²) in [6.07, 6.45) is 2.49. The molecular formula is C14H19N3OS2. The van der Waals surface area contributed by atoms with Crippen molar-refractivity contribution in [1.29, 1.82) is 0 Å². The molecule has 0 aliphatic carbocycles. The van der Waals surface area contributed by atoms with Gasteiger partial charge in [-0.25, -0.2) is 4.98 Å². The molecule has 0 aliphatic rings. The SMILES string of the molecule is CCNC(C)CC(=O)Nc1ccc2nc(SC)sc2c1. The third-order valence-corrected chi connectivity index (χ3v) is 4.87. The Kier molecular flexibility index (Phi) is 5.39. The first-order valence-electron chi connectivity index (χ1n) is 6.60. The smallest absolute Gasteiger partial charge is 0.225 e. The van der Waals surface area contributed by atoms with Gasteiger partial charge in [-0.15, -0.1) is 11.3 Å². The zero-order chi connectivity index (χ0) is 14.5. The van der Waals surface area contributed by atoms with Crippen LogP contribution in [-0.4, -0.2) is 29.7 Å². The van der Waals surface area contributed by atoms with Crippen molar-refractivity contribution in [1.82, 2.24) is 10.3 Å². The van der Waals surface area contributed by atoms with Gasteiger partial charge in [-0.3, -0.25) is 4.79 Å². The van der Waals surface area contributed by atoms with Crippen molar-refractivity contribution in [2.45, 2.75) is 30.6 Å². The molecule has 4 nitrogen and oxygen atoms in total. The molecule has 6 heteroatoms. The summed E-state index contributed by atoms with van der Waals surface area (Å²) in [7, 11) is 0. The summed E-state index contributed by atoms with van der Waals surface area (Å²) in [5.41, 5.74) is 1.82. The number of rotatable bonds is 6. The van der Waals surface area contributed by atoms with E-state index in [9.17, 15) is 4.79 Å². The summed E-state index contributed by atoms with van der Waals surface area (Å²) >= 11 is 3.29. The highest BCUT2D eigenvalue weighted by atomic mass is 32.2. The summed E-state index contributed by atoms with van der Waals surface area (Å²) in [6.45, 7) is 4.92. The van der Waals surface area contributed by atoms with E-state index in [2.05, 4.69) is 15.6 Å². The molecule has 0 saturated carbocycles. The Hall–Kier alpha value is -1.11. The maximum Gasteiger partial charge on any atom is 0.225 e. The van der Waals surface area contributed by atoms with Gasteiger partial charge in [-0.1, -0.05) is 18.7 Å². The van der Waals surface area contributed by atoms with Crippen LogP contribution in [0.1, 0.15) is 20.3 Å². The molecule has 0 saturated heterocycles. The number of hydrogen-bond acceptors (Lipinski definition) is 5. The van der Waals surface area contributed by atoms with E-state index >= 15 is 0 Å². The third kappa shape index (κ3) is 3.94. The molecule has 0 radical (unpaired) electrons. The summed E-state index contributed by atoms with van der Waals surface area (Å²) in [5.74, 6) is 0.0346. The zero-order valence-electron chi connectivity index (χ0n) is 11.9. The molecule has 2 aromatic rings. The normalized spacial score (nSPS) is 12.6. The van der Waals surface area contributed by atoms with Crippen LogP contribution in [0.4, 0.5) is 5.69 Å². The minimum absolute atomic E-state index is 0.0346. The van der Waals surface area contributed by atoms with Gasteiger partial charge in [0.1, 0.15) is 0 Å². The maximum atomic E-state index is 11.9. The van der Waals surface area contributed by atoms with Gasteiger partial charge in [-0.2, -0.15) is 0 Å². The highest BCUT2D eigenvalue weighted by Crippen LogP contribution is 2.29. The van der Waals surface area contributed by atoms with Gasteiger partial charge in [0.05, 0.1) is 10.2 Å². The number of hydrogen-bond donors (Lipinski definition) is 2. The molecule has 0 bridgehead atoms. The first-order valence-corrected chi connectivity index (χ1v) is 8.64. The molecule has 1 aromatic carbocycles. The number of anilines is 1. The minimum Gasteiger partial charge on any atom is -0.326 e. The number of fused-ring (bicyclic) bond motifs is 1. The number of carbonyl (C=O) groups excluding carboxylic acids is 1. The van der Waals surface area contributed by atoms with Crippen LogP contribution in [0.3, 0.4) is 0 Å². The van der Waals surface area contributed by atoms with Crippen molar-refractivity contribution in [3.63, 3.8) is 0 Å². The van der Waals surface area contributed by atoms with Crippen molar-refractivity contribution >= 4 is 44.9 Å². The third-order valence-electron chi connectivity index (χ3n) is 2.87. The van der Waals surface area contributed by atoms with Crippen LogP contribution in [0.2, 0.25) is 0 Å². The van der Waals surface area contributed by atoms with E-state index in [1.165, 1.54) is 0 Å². The van der Waals surface area contributed by atoms with E-state index in [-0.39, 0.29) is 11.9 Å². The Labute approximate surface area is 127 Å². The topological polar surface area (TPSA) is 54.0 Å². The minimum atomic E-state index is 0.0346. The number of benzene rings is 1. The second kappa shape index (κ2) is 7.06. The molecule has 1 heterocycles. The first-order chi connectivity index (χ1) is 9.62. The second-order valence-electron chi connectivity index (χ2n) is 4.58. The highest BCUT2D eigenvalue weighted by molar-refractivity contribution is 8.00. The molecule has 20 heavy (non-hydrogen) atoms. The van der Waals surface area contributed by atoms with Gasteiger partial charge >= 0.3 is 0 Å². The lowest BCUT2D eigenvalue weighted by atomic mass is 10.2. The molecule has 2 N–H and O–H groups in total. The number of amides is 1. The fourth-order valence-corrected chi connectivity index (χ4v) is 3.51. The van der Waals surface area contributed by atoms with Crippen LogP contribution in [0.25, 0.3) is 10.2 Å². The van der Waals surface area contributed by atoms with Crippen LogP contribution in [0, 0.1) is 0 Å². The summed E-state index contributed by atoms with van der Waals surface area (Å²) < 4.78 is 2.15. The monoisotopic (exact) mass is 309 g/mol. The molecule has 0 fully saturated rings. The van der Waals surface area contributed by atoms with E-state index in [0.717, 1.165) is 26.8 Å². The summed E-state index contributed by atoms with van der Waals surface area (Å²) in [6, 6.07) is 6.04. The van der Waals surface area contributed by atoms with Gasteiger partial charge in [0.25, 0.3) is 0 Å². The Balaban J connectivity index is 2.03. The van der Waals surface area contributed by atoms with Gasteiger partial charge in [0.2, 0.25) is 5.91 Å². The molecular weight excluding hydrogens is 290 g/mol. The lowest BCUT2D eigenvalue weighted by Crippen LogP contribution is -2.30. The molecule has 108 valence electrons. The number of thioether (sulfide) groups is 1. The average Bonchev–Trinajstić information content (AvgIpc) is 2.80. The van der Waals surface area contributed by atoms with E-state index in [4.69, 9.17) is 0 Å². The number of carbonyl (C=O) groups is 1. The van der Waals surface area contributed by atoms with Crippen LogP contribution >= 0.6 is 23.1 Å². The van der Waals surface area contributed by atoms with Crippen molar-refractivity contribution in [2.24, 2.45) is 0 Å². The summed E-state index contributed by atoms with van der Waals surface area (Å²) in [5, 5.41) is 6.17. The van der Waals surface area contributed by atoms with Crippen molar-refractivity contribution in [3.8, 4) is 0 Å². The second-order valence-corrected chi connectivity index (χ2v) is 6.66. The Bertz CT molecular complexity index is 597. The van der Waals surface area contributed by atoms with Gasteiger partial charge in [0.15, 0.2) is 4.34 Å².